The largest absolute Gasteiger partial charge is 0.431 e. The number of hydrogen-bond donors (Lipinski definition) is 1. The minimum atomic E-state index is -6.32. The molecule has 0 spiro atoms. The highest BCUT2D eigenvalue weighted by atomic mass is 32.2. The van der Waals surface area contributed by atoms with Crippen LogP contribution in [0.1, 0.15) is 19.3 Å². The zero-order valence-electron chi connectivity index (χ0n) is 12.5. The molecule has 0 saturated carbocycles. The minimum Gasteiger partial charge on any atom is -0.425 e. The third-order valence-corrected chi connectivity index (χ3v) is 3.91. The first-order valence-corrected chi connectivity index (χ1v) is 8.10. The first kappa shape index (κ1) is 21.3. The predicted molar refractivity (Wildman–Crippen MR) is 71.2 cm³/mol. The molecule has 0 aromatic heterocycles. The second-order valence-electron chi connectivity index (χ2n) is 4.97. The molecule has 0 radical (unpaired) electrons. The van der Waals surface area contributed by atoms with E-state index in [2.05, 4.69) is 16.1 Å². The number of halogens is 4. The van der Waals surface area contributed by atoms with E-state index in [4.69, 9.17) is 9.29 Å². The van der Waals surface area contributed by atoms with E-state index in [0.717, 1.165) is 0 Å². The Bertz CT molecular complexity index is 646. The summed E-state index contributed by atoms with van der Waals surface area (Å²) in [7, 11) is -6.32. The number of rotatable bonds is 9. The number of cyclic esters (lactones) is 1. The van der Waals surface area contributed by atoms with E-state index < -0.39 is 59.2 Å². The molecule has 1 aliphatic rings. The monoisotopic (exact) mass is 394 g/mol. The van der Waals surface area contributed by atoms with Crippen LogP contribution in [0.15, 0.2) is 12.2 Å². The molecule has 1 saturated heterocycles. The second-order valence-corrected chi connectivity index (χ2v) is 6.43. The Morgan fingerprint density at radius 2 is 1.96 bits per heavy atom. The van der Waals surface area contributed by atoms with Crippen LogP contribution in [0.5, 0.6) is 0 Å². The lowest BCUT2D eigenvalue weighted by Gasteiger charge is -2.23. The van der Waals surface area contributed by atoms with Gasteiger partial charge in [0.25, 0.3) is 0 Å². The lowest BCUT2D eigenvalue weighted by atomic mass is 10.2. The van der Waals surface area contributed by atoms with Gasteiger partial charge in [-0.05, 0) is 0 Å². The molecule has 0 amide bonds. The van der Waals surface area contributed by atoms with Crippen LogP contribution in [-0.2, 0) is 33.9 Å². The Morgan fingerprint density at radius 1 is 1.36 bits per heavy atom. The molecule has 8 nitrogen and oxygen atoms in total. The maximum atomic E-state index is 13.2. The Hall–Kier alpha value is -1.73. The van der Waals surface area contributed by atoms with E-state index in [9.17, 15) is 35.6 Å². The van der Waals surface area contributed by atoms with Crippen LogP contribution in [0.2, 0.25) is 0 Å². The first-order valence-electron chi connectivity index (χ1n) is 6.66. The topological polar surface area (TPSA) is 116 Å². The number of carbonyl (C=O) groups excluding carboxylic acids is 2. The Morgan fingerprint density at radius 3 is 2.44 bits per heavy atom. The average molecular weight is 394 g/mol. The fraction of sp³-hybridized carbons (Fsp3) is 0.667. The second kappa shape index (κ2) is 7.66. The van der Waals surface area contributed by atoms with Crippen molar-refractivity contribution in [3.63, 3.8) is 0 Å². The van der Waals surface area contributed by atoms with E-state index in [1.54, 1.807) is 0 Å². The summed E-state index contributed by atoms with van der Waals surface area (Å²) in [6, 6.07) is 0. The molecule has 0 aromatic carbocycles. The number of hydrogen-bond acceptors (Lipinski definition) is 7. The lowest BCUT2D eigenvalue weighted by molar-refractivity contribution is -0.174. The predicted octanol–water partition coefficient (Wildman–Crippen LogP) is 1.27. The van der Waals surface area contributed by atoms with E-state index in [1.807, 2.05) is 0 Å². The Labute approximate surface area is 139 Å². The fourth-order valence-electron chi connectivity index (χ4n) is 1.57. The lowest BCUT2D eigenvalue weighted by Crippen LogP contribution is -2.47. The van der Waals surface area contributed by atoms with Crippen molar-refractivity contribution in [2.75, 3.05) is 13.2 Å². The molecule has 1 fully saturated rings. The minimum absolute atomic E-state index is 0.0536. The molecular formula is C12H14F4O8S. The molecule has 1 unspecified atom stereocenters. The van der Waals surface area contributed by atoms with Gasteiger partial charge in [-0.25, -0.2) is 4.79 Å². The molecule has 144 valence electrons. The summed E-state index contributed by atoms with van der Waals surface area (Å²) in [4.78, 5) is 22.3. The Kier molecular flexibility index (Phi) is 6.53. The third-order valence-electron chi connectivity index (χ3n) is 2.96. The van der Waals surface area contributed by atoms with Crippen molar-refractivity contribution in [3.8, 4) is 0 Å². The molecule has 1 heterocycles. The van der Waals surface area contributed by atoms with Gasteiger partial charge in [-0.3, -0.25) is 9.35 Å². The first-order chi connectivity index (χ1) is 11.3. The van der Waals surface area contributed by atoms with Crippen molar-refractivity contribution in [2.45, 2.75) is 36.7 Å². The normalized spacial score (nSPS) is 18.8. The standard InChI is InChI=1S/C12H14F4O8S/c1-7(10(18)24-9-3-2-8(17)23-9)6-22-5-4-11(13,14)12(15,16)25(19,20)21/h9H,1-6H2,(H,19,20,21). The van der Waals surface area contributed by atoms with Crippen LogP contribution in [-0.4, -0.2) is 55.6 Å². The van der Waals surface area contributed by atoms with Crippen molar-refractivity contribution in [3.05, 3.63) is 12.2 Å². The van der Waals surface area contributed by atoms with E-state index in [1.165, 1.54) is 0 Å². The molecule has 1 N–H and O–H groups in total. The van der Waals surface area contributed by atoms with Crippen LogP contribution >= 0.6 is 0 Å². The summed E-state index contributed by atoms with van der Waals surface area (Å²) in [6.07, 6.45) is -2.66. The van der Waals surface area contributed by atoms with E-state index >= 15 is 0 Å². The van der Waals surface area contributed by atoms with Crippen molar-refractivity contribution in [1.29, 1.82) is 0 Å². The van der Waals surface area contributed by atoms with Gasteiger partial charge in [0.2, 0.25) is 6.29 Å². The molecule has 0 aliphatic carbocycles. The van der Waals surface area contributed by atoms with Gasteiger partial charge in [0, 0.05) is 12.8 Å². The van der Waals surface area contributed by atoms with E-state index in [-0.39, 0.29) is 18.4 Å². The molecule has 0 bridgehead atoms. The summed E-state index contributed by atoms with van der Waals surface area (Å²) < 4.78 is 94.7. The van der Waals surface area contributed by atoms with Crippen molar-refractivity contribution >= 4 is 22.1 Å². The van der Waals surface area contributed by atoms with Crippen LogP contribution in [0.3, 0.4) is 0 Å². The van der Waals surface area contributed by atoms with Crippen LogP contribution < -0.4 is 0 Å². The SMILES string of the molecule is C=C(COCCC(F)(F)C(F)(F)S(=O)(=O)O)C(=O)OC1CCC(=O)O1. The third kappa shape index (κ3) is 5.37. The highest BCUT2D eigenvalue weighted by Gasteiger charge is 2.65. The summed E-state index contributed by atoms with van der Waals surface area (Å²) in [5, 5.41) is -5.69. The summed E-state index contributed by atoms with van der Waals surface area (Å²) in [5.41, 5.74) is -0.368. The smallest absolute Gasteiger partial charge is 0.425 e. The highest BCUT2D eigenvalue weighted by Crippen LogP contribution is 2.40. The molecule has 1 rings (SSSR count). The molecule has 25 heavy (non-hydrogen) atoms. The van der Waals surface area contributed by atoms with Gasteiger partial charge < -0.3 is 14.2 Å². The average Bonchev–Trinajstić information content (AvgIpc) is 2.87. The van der Waals surface area contributed by atoms with Crippen LogP contribution in [0, 0.1) is 0 Å². The van der Waals surface area contributed by atoms with E-state index in [0.29, 0.717) is 0 Å². The molecule has 1 aliphatic heterocycles. The number of esters is 2. The van der Waals surface area contributed by atoms with Crippen LogP contribution in [0.25, 0.3) is 0 Å². The van der Waals surface area contributed by atoms with Gasteiger partial charge in [0.15, 0.2) is 0 Å². The summed E-state index contributed by atoms with van der Waals surface area (Å²) >= 11 is 0. The maximum Gasteiger partial charge on any atom is 0.431 e. The number of alkyl halides is 4. The highest BCUT2D eigenvalue weighted by molar-refractivity contribution is 7.87. The van der Waals surface area contributed by atoms with Gasteiger partial charge in [-0.2, -0.15) is 26.0 Å². The van der Waals surface area contributed by atoms with Gasteiger partial charge in [0.1, 0.15) is 0 Å². The molecular weight excluding hydrogens is 380 g/mol. The summed E-state index contributed by atoms with van der Waals surface area (Å²) in [5.74, 6) is -6.71. The molecule has 1 atom stereocenters. The number of carbonyl (C=O) groups is 2. The quantitative estimate of drug-likeness (QED) is 0.204. The van der Waals surface area contributed by atoms with Gasteiger partial charge in [-0.15, -0.1) is 0 Å². The zero-order chi connectivity index (χ0) is 19.5. The molecule has 13 heteroatoms. The van der Waals surface area contributed by atoms with Crippen molar-refractivity contribution < 1.29 is 54.3 Å². The molecule has 0 aromatic rings. The summed E-state index contributed by atoms with van der Waals surface area (Å²) in [6.45, 7) is 1.49. The van der Waals surface area contributed by atoms with Crippen molar-refractivity contribution in [1.82, 2.24) is 0 Å². The van der Waals surface area contributed by atoms with Gasteiger partial charge in [-0.1, -0.05) is 6.58 Å². The van der Waals surface area contributed by atoms with Crippen LogP contribution in [0.4, 0.5) is 17.6 Å². The zero-order valence-corrected chi connectivity index (χ0v) is 13.4. The fourth-order valence-corrected chi connectivity index (χ4v) is 2.05. The van der Waals surface area contributed by atoms with Crippen molar-refractivity contribution in [2.24, 2.45) is 0 Å². The van der Waals surface area contributed by atoms with Gasteiger partial charge in [0.05, 0.1) is 25.2 Å². The Balaban J connectivity index is 2.40. The number of ether oxygens (including phenoxy) is 3. The van der Waals surface area contributed by atoms with Gasteiger partial charge >= 0.3 is 33.2 Å². The maximum absolute atomic E-state index is 13.2.